The van der Waals surface area contributed by atoms with Crippen LogP contribution in [0.15, 0.2) is 48.9 Å². The number of nitrogens with one attached hydrogen (secondary N) is 3. The maximum absolute atomic E-state index is 13.4. The molecule has 1 fully saturated rings. The Bertz CT molecular complexity index is 1270. The summed E-state index contributed by atoms with van der Waals surface area (Å²) in [5, 5.41) is 12.2. The van der Waals surface area contributed by atoms with Gasteiger partial charge in [0, 0.05) is 30.7 Å². The zero-order chi connectivity index (χ0) is 26.6. The van der Waals surface area contributed by atoms with Crippen molar-refractivity contribution >= 4 is 40.5 Å². The van der Waals surface area contributed by atoms with Crippen LogP contribution >= 0.6 is 11.6 Å². The molecule has 1 aliphatic rings. The lowest BCUT2D eigenvalue weighted by atomic mass is 9.97. The maximum atomic E-state index is 13.4. The van der Waals surface area contributed by atoms with Crippen LogP contribution in [0.3, 0.4) is 0 Å². The predicted molar refractivity (Wildman–Crippen MR) is 134 cm³/mol. The molecule has 1 saturated carbocycles. The number of pyridine rings is 1. The normalized spacial score (nSPS) is 14.8. The summed E-state index contributed by atoms with van der Waals surface area (Å²) in [6.45, 7) is 0. The Morgan fingerprint density at radius 2 is 1.92 bits per heavy atom. The summed E-state index contributed by atoms with van der Waals surface area (Å²) in [4.78, 5) is 29.7. The van der Waals surface area contributed by atoms with E-state index in [0.29, 0.717) is 24.2 Å². The molecule has 0 radical (unpaired) electrons. The summed E-state index contributed by atoms with van der Waals surface area (Å²) in [6.07, 6.45) is 3.80. The minimum Gasteiger partial charge on any atom is -0.355 e. The van der Waals surface area contributed by atoms with Crippen LogP contribution in [0, 0.1) is 5.92 Å². The fourth-order valence-corrected chi connectivity index (χ4v) is 4.58. The van der Waals surface area contributed by atoms with Crippen LogP contribution in [0.5, 0.6) is 0 Å². The number of alkyl halides is 3. The van der Waals surface area contributed by atoms with Gasteiger partial charge in [-0.15, -0.1) is 0 Å². The molecular formula is C25H26ClF3N6O2. The minimum absolute atomic E-state index is 0.112. The zero-order valence-corrected chi connectivity index (χ0v) is 20.7. The molecule has 0 saturated heterocycles. The highest BCUT2D eigenvalue weighted by molar-refractivity contribution is 6.29. The van der Waals surface area contributed by atoms with Gasteiger partial charge in [-0.05, 0) is 36.6 Å². The van der Waals surface area contributed by atoms with E-state index in [0.717, 1.165) is 31.7 Å². The van der Waals surface area contributed by atoms with Crippen molar-refractivity contribution in [1.82, 2.24) is 20.1 Å². The van der Waals surface area contributed by atoms with E-state index in [9.17, 15) is 22.8 Å². The highest BCUT2D eigenvalue weighted by atomic mass is 35.5. The summed E-state index contributed by atoms with van der Waals surface area (Å²) in [7, 11) is 1.73. The second-order valence-electron chi connectivity index (χ2n) is 9.06. The number of halogens is 4. The number of benzene rings is 1. The van der Waals surface area contributed by atoms with Gasteiger partial charge in [0.15, 0.2) is 0 Å². The first kappa shape index (κ1) is 26.5. The molecule has 1 unspecified atom stereocenters. The average Bonchev–Trinajstić information content (AvgIpc) is 3.49. The van der Waals surface area contributed by atoms with Crippen molar-refractivity contribution in [2.24, 2.45) is 13.0 Å². The van der Waals surface area contributed by atoms with E-state index in [-0.39, 0.29) is 28.0 Å². The van der Waals surface area contributed by atoms with Crippen LogP contribution in [-0.2, 0) is 18.0 Å². The van der Waals surface area contributed by atoms with E-state index in [1.807, 2.05) is 0 Å². The molecular weight excluding hydrogens is 509 g/mol. The molecule has 1 aliphatic carbocycles. The molecule has 0 spiro atoms. The van der Waals surface area contributed by atoms with Gasteiger partial charge in [0.2, 0.25) is 5.91 Å². The Balaban J connectivity index is 1.51. The summed E-state index contributed by atoms with van der Waals surface area (Å²) in [5.74, 6) is -0.559. The number of anilines is 3. The zero-order valence-electron chi connectivity index (χ0n) is 20.0. The van der Waals surface area contributed by atoms with Gasteiger partial charge < -0.3 is 16.0 Å². The molecule has 2 amide bonds. The van der Waals surface area contributed by atoms with E-state index in [4.69, 9.17) is 11.6 Å². The van der Waals surface area contributed by atoms with Crippen LogP contribution in [-0.4, -0.2) is 32.6 Å². The second-order valence-corrected chi connectivity index (χ2v) is 9.45. The van der Waals surface area contributed by atoms with E-state index < -0.39 is 23.7 Å². The number of carbonyl (C=O) groups is 2. The van der Waals surface area contributed by atoms with Gasteiger partial charge in [0.05, 0.1) is 23.1 Å². The third-order valence-electron chi connectivity index (χ3n) is 6.22. The standard InChI is InChI=1S/C25H26ClF3N6O2/c1-35-14-18(12-31-35)33-24(37)21(9-15-5-2-3-6-15)34-23(36)16-7-4-8-17(10-16)32-20-11-22(26)30-13-19(20)25(27,28)29/h4,7-8,10-15,21H,2-3,5-6,9H2,1H3,(H,30,32)(H,33,37)(H,34,36). The van der Waals surface area contributed by atoms with Gasteiger partial charge >= 0.3 is 6.18 Å². The first-order valence-corrected chi connectivity index (χ1v) is 12.2. The Morgan fingerprint density at radius 1 is 1.16 bits per heavy atom. The van der Waals surface area contributed by atoms with Crippen LogP contribution in [0.2, 0.25) is 5.15 Å². The number of carbonyl (C=O) groups excluding carboxylic acids is 2. The summed E-state index contributed by atoms with van der Waals surface area (Å²) in [5.41, 5.74) is -0.340. The molecule has 2 heterocycles. The average molecular weight is 535 g/mol. The van der Waals surface area contributed by atoms with E-state index in [1.165, 1.54) is 30.5 Å². The molecule has 196 valence electrons. The fourth-order valence-electron chi connectivity index (χ4n) is 4.42. The number of hydrogen-bond acceptors (Lipinski definition) is 5. The molecule has 4 rings (SSSR count). The van der Waals surface area contributed by atoms with Crippen molar-refractivity contribution in [2.75, 3.05) is 10.6 Å². The molecule has 1 atom stereocenters. The second kappa shape index (κ2) is 11.2. The van der Waals surface area contributed by atoms with E-state index in [2.05, 4.69) is 26.0 Å². The largest absolute Gasteiger partial charge is 0.419 e. The molecule has 2 aromatic heterocycles. The van der Waals surface area contributed by atoms with Crippen molar-refractivity contribution in [2.45, 2.75) is 44.3 Å². The number of aromatic nitrogens is 3. The first-order chi connectivity index (χ1) is 17.6. The smallest absolute Gasteiger partial charge is 0.355 e. The quantitative estimate of drug-likeness (QED) is 0.329. The number of aryl methyl sites for hydroxylation is 1. The van der Waals surface area contributed by atoms with Crippen molar-refractivity contribution in [1.29, 1.82) is 0 Å². The van der Waals surface area contributed by atoms with Crippen LogP contribution < -0.4 is 16.0 Å². The SMILES string of the molecule is Cn1cc(NC(=O)C(CC2CCCC2)NC(=O)c2cccc(Nc3cc(Cl)ncc3C(F)(F)F)c2)cn1. The third-order valence-corrected chi connectivity index (χ3v) is 6.42. The molecule has 8 nitrogen and oxygen atoms in total. The van der Waals surface area contributed by atoms with Crippen LogP contribution in [0.25, 0.3) is 0 Å². The minimum atomic E-state index is -4.65. The van der Waals surface area contributed by atoms with Gasteiger partial charge in [0.1, 0.15) is 11.2 Å². The number of hydrogen-bond donors (Lipinski definition) is 3. The maximum Gasteiger partial charge on any atom is 0.419 e. The van der Waals surface area contributed by atoms with Crippen molar-refractivity contribution in [3.05, 3.63) is 65.2 Å². The van der Waals surface area contributed by atoms with Crippen LogP contribution in [0.1, 0.15) is 48.0 Å². The Hall–Kier alpha value is -3.60. The summed E-state index contributed by atoms with van der Waals surface area (Å²) in [6, 6.07) is 6.28. The van der Waals surface area contributed by atoms with E-state index in [1.54, 1.807) is 17.9 Å². The lowest BCUT2D eigenvalue weighted by Gasteiger charge is -2.21. The van der Waals surface area contributed by atoms with Gasteiger partial charge in [-0.25, -0.2) is 4.98 Å². The molecule has 37 heavy (non-hydrogen) atoms. The van der Waals surface area contributed by atoms with Crippen molar-refractivity contribution in [3.8, 4) is 0 Å². The van der Waals surface area contributed by atoms with Gasteiger partial charge in [-0.3, -0.25) is 14.3 Å². The molecule has 1 aromatic carbocycles. The monoisotopic (exact) mass is 534 g/mol. The number of amides is 2. The highest BCUT2D eigenvalue weighted by Crippen LogP contribution is 2.36. The number of nitrogens with zero attached hydrogens (tertiary/aromatic N) is 3. The number of rotatable bonds is 8. The first-order valence-electron chi connectivity index (χ1n) is 11.8. The highest BCUT2D eigenvalue weighted by Gasteiger charge is 2.34. The Kier molecular flexibility index (Phi) is 8.01. The lowest BCUT2D eigenvalue weighted by Crippen LogP contribution is -2.44. The van der Waals surface area contributed by atoms with Gasteiger partial charge in [-0.2, -0.15) is 18.3 Å². The summed E-state index contributed by atoms with van der Waals surface area (Å²) < 4.78 is 41.8. The summed E-state index contributed by atoms with van der Waals surface area (Å²) >= 11 is 5.81. The molecule has 0 bridgehead atoms. The Labute approximate surface area is 216 Å². The topological polar surface area (TPSA) is 101 Å². The van der Waals surface area contributed by atoms with E-state index >= 15 is 0 Å². The molecule has 3 aromatic rings. The predicted octanol–water partition coefficient (Wildman–Crippen LogP) is 5.55. The fraction of sp³-hybridized carbons (Fsp3) is 0.360. The molecule has 3 N–H and O–H groups in total. The van der Waals surface area contributed by atoms with Crippen molar-refractivity contribution in [3.63, 3.8) is 0 Å². The van der Waals surface area contributed by atoms with Gasteiger partial charge in [0.25, 0.3) is 5.91 Å². The van der Waals surface area contributed by atoms with Gasteiger partial charge in [-0.1, -0.05) is 43.4 Å². The van der Waals surface area contributed by atoms with Crippen LogP contribution in [0.4, 0.5) is 30.2 Å². The molecule has 0 aliphatic heterocycles. The Morgan fingerprint density at radius 3 is 2.59 bits per heavy atom. The van der Waals surface area contributed by atoms with Crippen molar-refractivity contribution < 1.29 is 22.8 Å². The third kappa shape index (κ3) is 7.00. The molecule has 12 heteroatoms. The lowest BCUT2D eigenvalue weighted by molar-refractivity contribution is -0.137.